The van der Waals surface area contributed by atoms with E-state index >= 15 is 0 Å². The van der Waals surface area contributed by atoms with Crippen molar-refractivity contribution in [3.8, 4) is 0 Å². The number of nitrogens with zero attached hydrogens (tertiary/aromatic N) is 2. The zero-order valence-electron chi connectivity index (χ0n) is 6.70. The number of piperidine rings is 1. The average Bonchev–Trinajstić information content (AvgIpc) is 2.66. The average molecular weight is 264 g/mol. The van der Waals surface area contributed by atoms with Crippen LogP contribution in [-0.4, -0.2) is 40.2 Å². The lowest BCUT2D eigenvalue weighted by molar-refractivity contribution is 0.151. The van der Waals surface area contributed by atoms with Crippen molar-refractivity contribution >= 4 is 22.9 Å². The number of hydrogen-bond donors (Lipinski definition) is 0. The Kier molecular flexibility index (Phi) is 1.36. The summed E-state index contributed by atoms with van der Waals surface area (Å²) in [4.78, 5) is 2.50. The van der Waals surface area contributed by atoms with Gasteiger partial charge in [-0.25, -0.2) is 3.11 Å². The predicted molar refractivity (Wildman–Crippen MR) is 52.5 cm³/mol. The minimum absolute atomic E-state index is 0.893. The van der Waals surface area contributed by atoms with Crippen LogP contribution in [0.3, 0.4) is 0 Å². The van der Waals surface area contributed by atoms with Gasteiger partial charge in [0.25, 0.3) is 0 Å². The third kappa shape index (κ3) is 0.848. The summed E-state index contributed by atoms with van der Waals surface area (Å²) in [5, 5.41) is 0. The first kappa shape index (κ1) is 7.09. The third-order valence-corrected chi connectivity index (χ3v) is 4.94. The number of piperazine rings is 1. The Morgan fingerprint density at radius 1 is 1.18 bits per heavy atom. The minimum Gasteiger partial charge on any atom is -0.303 e. The number of hydrogen-bond acceptors (Lipinski definition) is 2. The fourth-order valence-corrected chi connectivity index (χ4v) is 4.05. The molecule has 3 rings (SSSR count). The SMILES string of the molecule is CN1CC2C3CC3C(C1)N2I. The molecule has 0 spiro atoms. The van der Waals surface area contributed by atoms with E-state index in [1.165, 1.54) is 19.5 Å². The van der Waals surface area contributed by atoms with Crippen molar-refractivity contribution in [2.24, 2.45) is 11.8 Å². The Bertz CT molecular complexity index is 179. The highest BCUT2D eigenvalue weighted by Crippen LogP contribution is 2.56. The van der Waals surface area contributed by atoms with Gasteiger partial charge in [0.2, 0.25) is 0 Å². The first-order valence-electron chi connectivity index (χ1n) is 4.40. The molecule has 1 aliphatic carbocycles. The van der Waals surface area contributed by atoms with E-state index in [-0.39, 0.29) is 0 Å². The normalized spacial score (nSPS) is 56.2. The summed E-state index contributed by atoms with van der Waals surface area (Å²) in [7, 11) is 2.26. The highest BCUT2D eigenvalue weighted by molar-refractivity contribution is 14.1. The van der Waals surface area contributed by atoms with E-state index in [2.05, 4.69) is 37.9 Å². The van der Waals surface area contributed by atoms with Crippen molar-refractivity contribution in [3.63, 3.8) is 0 Å². The van der Waals surface area contributed by atoms with E-state index in [9.17, 15) is 0 Å². The molecule has 0 amide bonds. The number of likely N-dealkylation sites (tertiary alicyclic amines) is 1. The van der Waals surface area contributed by atoms with Crippen molar-refractivity contribution in [1.82, 2.24) is 8.01 Å². The predicted octanol–water partition coefficient (Wildman–Crippen LogP) is 0.971. The Labute approximate surface area is 81.4 Å². The second kappa shape index (κ2) is 2.12. The molecule has 62 valence electrons. The molecule has 4 unspecified atom stereocenters. The van der Waals surface area contributed by atoms with Gasteiger partial charge in [0.05, 0.1) is 0 Å². The molecule has 0 aromatic carbocycles. The molecule has 3 heteroatoms. The van der Waals surface area contributed by atoms with E-state index < -0.39 is 0 Å². The summed E-state index contributed by atoms with van der Waals surface area (Å²) in [6, 6.07) is 1.79. The van der Waals surface area contributed by atoms with Gasteiger partial charge in [-0.3, -0.25) is 0 Å². The van der Waals surface area contributed by atoms with Gasteiger partial charge in [-0.15, -0.1) is 0 Å². The summed E-state index contributed by atoms with van der Waals surface area (Å²) < 4.78 is 2.59. The van der Waals surface area contributed by atoms with Gasteiger partial charge in [-0.05, 0) is 25.3 Å². The molecule has 0 aromatic rings. The number of halogens is 1. The molecule has 3 fully saturated rings. The fourth-order valence-electron chi connectivity index (χ4n) is 2.87. The number of fused-ring (bicyclic) bond motifs is 5. The highest BCUT2D eigenvalue weighted by Gasteiger charge is 2.60. The summed E-state index contributed by atoms with van der Waals surface area (Å²) in [5.41, 5.74) is 0. The summed E-state index contributed by atoms with van der Waals surface area (Å²) in [6.45, 7) is 2.61. The van der Waals surface area contributed by atoms with Crippen LogP contribution in [0.1, 0.15) is 6.42 Å². The maximum Gasteiger partial charge on any atom is 0.0356 e. The molecule has 2 bridgehead atoms. The third-order valence-electron chi connectivity index (χ3n) is 3.51. The smallest absolute Gasteiger partial charge is 0.0356 e. The van der Waals surface area contributed by atoms with Crippen molar-refractivity contribution < 1.29 is 0 Å². The van der Waals surface area contributed by atoms with E-state index in [0.717, 1.165) is 23.9 Å². The monoisotopic (exact) mass is 264 g/mol. The second-order valence-electron chi connectivity index (χ2n) is 4.26. The van der Waals surface area contributed by atoms with Gasteiger partial charge >= 0.3 is 0 Å². The molecule has 3 aliphatic rings. The number of rotatable bonds is 0. The second-order valence-corrected chi connectivity index (χ2v) is 5.38. The van der Waals surface area contributed by atoms with Crippen molar-refractivity contribution in [3.05, 3.63) is 0 Å². The van der Waals surface area contributed by atoms with E-state index in [1.54, 1.807) is 0 Å². The number of likely N-dealkylation sites (N-methyl/N-ethyl adjacent to an activating group) is 1. The van der Waals surface area contributed by atoms with Crippen LogP contribution in [0, 0.1) is 11.8 Å². The molecule has 0 aromatic heterocycles. The molecule has 2 saturated heterocycles. The van der Waals surface area contributed by atoms with Crippen molar-refractivity contribution in [1.29, 1.82) is 0 Å². The zero-order valence-corrected chi connectivity index (χ0v) is 8.86. The van der Waals surface area contributed by atoms with Crippen LogP contribution >= 0.6 is 22.9 Å². The van der Waals surface area contributed by atoms with Gasteiger partial charge in [-0.2, -0.15) is 0 Å². The lowest BCUT2D eigenvalue weighted by atomic mass is 10.1. The molecule has 1 saturated carbocycles. The van der Waals surface area contributed by atoms with Gasteiger partial charge < -0.3 is 4.90 Å². The summed E-state index contributed by atoms with van der Waals surface area (Å²) in [6.07, 6.45) is 1.53. The molecule has 2 aliphatic heterocycles. The standard InChI is InChI=1S/C8H13IN2/c1-10-3-7-5-2-6(5)8(4-10)11(7)9/h5-8H,2-4H2,1H3. The molecule has 2 nitrogen and oxygen atoms in total. The molecule has 0 N–H and O–H groups in total. The highest BCUT2D eigenvalue weighted by atomic mass is 127. The van der Waals surface area contributed by atoms with Crippen molar-refractivity contribution in [2.75, 3.05) is 20.1 Å². The van der Waals surface area contributed by atoms with Crippen LogP contribution in [0.15, 0.2) is 0 Å². The maximum atomic E-state index is 2.59. The maximum absolute atomic E-state index is 2.59. The van der Waals surface area contributed by atoms with Crippen LogP contribution in [0.2, 0.25) is 0 Å². The fraction of sp³-hybridized carbons (Fsp3) is 1.00. The molecular weight excluding hydrogens is 251 g/mol. The molecular formula is C8H13IN2. The Morgan fingerprint density at radius 3 is 2.27 bits per heavy atom. The van der Waals surface area contributed by atoms with Crippen LogP contribution in [-0.2, 0) is 0 Å². The van der Waals surface area contributed by atoms with Gasteiger partial charge in [0.1, 0.15) is 0 Å². The van der Waals surface area contributed by atoms with E-state index in [1.807, 2.05) is 0 Å². The molecule has 11 heavy (non-hydrogen) atoms. The molecule has 4 atom stereocenters. The van der Waals surface area contributed by atoms with Crippen LogP contribution in [0.5, 0.6) is 0 Å². The van der Waals surface area contributed by atoms with Crippen LogP contribution < -0.4 is 0 Å². The summed E-state index contributed by atoms with van der Waals surface area (Å²) in [5.74, 6) is 2.14. The largest absolute Gasteiger partial charge is 0.303 e. The Hall–Kier alpha value is 0.650. The Morgan fingerprint density at radius 2 is 1.73 bits per heavy atom. The topological polar surface area (TPSA) is 6.48 Å². The lowest BCUT2D eigenvalue weighted by Crippen LogP contribution is -2.50. The van der Waals surface area contributed by atoms with E-state index in [0.29, 0.717) is 0 Å². The first-order valence-corrected chi connectivity index (χ1v) is 5.36. The summed E-state index contributed by atoms with van der Waals surface area (Å²) >= 11 is 2.53. The van der Waals surface area contributed by atoms with Gasteiger partial charge in [0, 0.05) is 48.0 Å². The Balaban J connectivity index is 1.90. The van der Waals surface area contributed by atoms with Crippen LogP contribution in [0.4, 0.5) is 0 Å². The van der Waals surface area contributed by atoms with Gasteiger partial charge in [0.15, 0.2) is 0 Å². The van der Waals surface area contributed by atoms with Crippen LogP contribution in [0.25, 0.3) is 0 Å². The van der Waals surface area contributed by atoms with E-state index in [4.69, 9.17) is 0 Å². The molecule has 0 radical (unpaired) electrons. The minimum atomic E-state index is 0.893. The quantitative estimate of drug-likeness (QED) is 0.475. The van der Waals surface area contributed by atoms with Gasteiger partial charge in [-0.1, -0.05) is 0 Å². The zero-order chi connectivity index (χ0) is 7.59. The molecule has 2 heterocycles. The van der Waals surface area contributed by atoms with Crippen molar-refractivity contribution in [2.45, 2.75) is 18.5 Å². The lowest BCUT2D eigenvalue weighted by Gasteiger charge is -2.37. The first-order chi connectivity index (χ1) is 5.27.